The highest BCUT2D eigenvalue weighted by molar-refractivity contribution is 5.99. The molecule has 7 heteroatoms. The van der Waals surface area contributed by atoms with Gasteiger partial charge in [0.25, 0.3) is 11.8 Å². The largest absolute Gasteiger partial charge is 0.496 e. The Morgan fingerprint density at radius 2 is 1.49 bits per heavy atom. The van der Waals surface area contributed by atoms with E-state index in [0.717, 1.165) is 37.9 Å². The summed E-state index contributed by atoms with van der Waals surface area (Å²) in [4.78, 5) is 43.6. The number of ether oxygens (including phenoxy) is 1. The Balaban J connectivity index is 1.48. The number of aryl methyl sites for hydroxylation is 1. The molecular weight excluding hydrogens is 442 g/mol. The van der Waals surface area contributed by atoms with Gasteiger partial charge >= 0.3 is 0 Å². The van der Waals surface area contributed by atoms with Gasteiger partial charge in [-0.15, -0.1) is 0 Å². The number of benzene rings is 2. The number of nitrogens with zero attached hydrogens (tertiary/aromatic N) is 2. The molecule has 2 aromatic carbocycles. The zero-order valence-electron chi connectivity index (χ0n) is 20.7. The molecule has 4 rings (SSSR count). The molecule has 2 aliphatic heterocycles. The lowest BCUT2D eigenvalue weighted by Gasteiger charge is -2.38. The molecule has 2 aromatic rings. The van der Waals surface area contributed by atoms with E-state index in [9.17, 15) is 14.4 Å². The molecule has 2 fully saturated rings. The predicted molar refractivity (Wildman–Crippen MR) is 134 cm³/mol. The van der Waals surface area contributed by atoms with Crippen molar-refractivity contribution in [2.45, 2.75) is 45.1 Å². The van der Waals surface area contributed by atoms with Gasteiger partial charge in [0, 0.05) is 31.7 Å². The lowest BCUT2D eigenvalue weighted by atomic mass is 9.87. The summed E-state index contributed by atoms with van der Waals surface area (Å²) in [6, 6.07) is 14.1. The van der Waals surface area contributed by atoms with Crippen LogP contribution >= 0.6 is 0 Å². The third-order valence-corrected chi connectivity index (χ3v) is 7.25. The molecule has 2 saturated heterocycles. The summed E-state index contributed by atoms with van der Waals surface area (Å²) in [5.41, 5.74) is 2.02. The minimum Gasteiger partial charge on any atom is -0.496 e. The van der Waals surface area contributed by atoms with Crippen molar-refractivity contribution in [3.8, 4) is 5.75 Å². The van der Waals surface area contributed by atoms with E-state index in [1.54, 1.807) is 25.3 Å². The van der Waals surface area contributed by atoms with Gasteiger partial charge in [0.2, 0.25) is 5.91 Å². The molecule has 1 unspecified atom stereocenters. The SMILES string of the molecule is COc1ccccc1C(=O)N1CCC(C(NC(=O)c2ccccc2C)C(=O)N2CCCCC2)CC1. The molecule has 0 spiro atoms. The van der Waals surface area contributed by atoms with Crippen molar-refractivity contribution in [1.29, 1.82) is 0 Å². The molecule has 1 atom stereocenters. The summed E-state index contributed by atoms with van der Waals surface area (Å²) in [5, 5.41) is 3.08. The van der Waals surface area contributed by atoms with Crippen LogP contribution in [0, 0.1) is 12.8 Å². The highest BCUT2D eigenvalue weighted by Crippen LogP contribution is 2.27. The van der Waals surface area contributed by atoms with Crippen molar-refractivity contribution in [1.82, 2.24) is 15.1 Å². The highest BCUT2D eigenvalue weighted by atomic mass is 16.5. The van der Waals surface area contributed by atoms with Crippen LogP contribution in [0.25, 0.3) is 0 Å². The number of carbonyl (C=O) groups excluding carboxylic acids is 3. The number of para-hydroxylation sites is 1. The van der Waals surface area contributed by atoms with Gasteiger partial charge in [0.15, 0.2) is 0 Å². The quantitative estimate of drug-likeness (QED) is 0.689. The molecule has 186 valence electrons. The van der Waals surface area contributed by atoms with Gasteiger partial charge in [-0.05, 0) is 68.7 Å². The normalized spacial score (nSPS) is 17.5. The highest BCUT2D eigenvalue weighted by Gasteiger charge is 2.37. The topological polar surface area (TPSA) is 79.0 Å². The first-order chi connectivity index (χ1) is 17.0. The van der Waals surface area contributed by atoms with Crippen molar-refractivity contribution in [2.24, 2.45) is 5.92 Å². The van der Waals surface area contributed by atoms with Crippen LogP contribution in [-0.2, 0) is 4.79 Å². The van der Waals surface area contributed by atoms with E-state index in [-0.39, 0.29) is 23.6 Å². The summed E-state index contributed by atoms with van der Waals surface area (Å²) in [6.07, 6.45) is 4.43. The van der Waals surface area contributed by atoms with Crippen LogP contribution in [0.15, 0.2) is 48.5 Å². The molecule has 0 bridgehead atoms. The maximum absolute atomic E-state index is 13.6. The number of hydrogen-bond donors (Lipinski definition) is 1. The number of piperidine rings is 2. The van der Waals surface area contributed by atoms with Crippen molar-refractivity contribution in [3.63, 3.8) is 0 Å². The zero-order chi connectivity index (χ0) is 24.8. The fraction of sp³-hybridized carbons (Fsp3) is 0.464. The van der Waals surface area contributed by atoms with Crippen LogP contribution in [0.3, 0.4) is 0 Å². The molecule has 2 aliphatic rings. The number of methoxy groups -OCH3 is 1. The monoisotopic (exact) mass is 477 g/mol. The maximum Gasteiger partial charge on any atom is 0.257 e. The predicted octanol–water partition coefficient (Wildman–Crippen LogP) is 3.67. The van der Waals surface area contributed by atoms with Crippen LogP contribution < -0.4 is 10.1 Å². The van der Waals surface area contributed by atoms with Gasteiger partial charge in [-0.3, -0.25) is 14.4 Å². The van der Waals surface area contributed by atoms with Crippen molar-refractivity contribution >= 4 is 17.7 Å². The minimum absolute atomic E-state index is 0.00105. The summed E-state index contributed by atoms with van der Waals surface area (Å²) in [5.74, 6) is 0.248. The third-order valence-electron chi connectivity index (χ3n) is 7.25. The Kier molecular flexibility index (Phi) is 8.06. The van der Waals surface area contributed by atoms with E-state index in [0.29, 0.717) is 42.8 Å². The first-order valence-corrected chi connectivity index (χ1v) is 12.6. The molecule has 0 radical (unpaired) electrons. The van der Waals surface area contributed by atoms with Crippen LogP contribution in [0.5, 0.6) is 5.75 Å². The van der Waals surface area contributed by atoms with Gasteiger partial charge in [-0.2, -0.15) is 0 Å². The van der Waals surface area contributed by atoms with Gasteiger partial charge in [0.05, 0.1) is 12.7 Å². The average molecular weight is 478 g/mol. The first kappa shape index (κ1) is 24.8. The molecule has 7 nitrogen and oxygen atoms in total. The van der Waals surface area contributed by atoms with Crippen LogP contribution in [-0.4, -0.2) is 66.9 Å². The first-order valence-electron chi connectivity index (χ1n) is 12.6. The Hall–Kier alpha value is -3.35. The standard InChI is InChI=1S/C28H35N3O4/c1-20-10-4-5-11-22(20)26(32)29-25(28(34)30-16-8-3-9-17-30)21-14-18-31(19-15-21)27(33)23-12-6-7-13-24(23)35-2/h4-7,10-13,21,25H,3,8-9,14-19H2,1-2H3,(H,29,32). The molecule has 1 N–H and O–H groups in total. The number of likely N-dealkylation sites (tertiary alicyclic amines) is 2. The van der Waals surface area contributed by atoms with E-state index in [1.807, 2.05) is 47.1 Å². The lowest BCUT2D eigenvalue weighted by Crippen LogP contribution is -2.55. The van der Waals surface area contributed by atoms with Crippen molar-refractivity contribution in [3.05, 3.63) is 65.2 Å². The number of carbonyl (C=O) groups is 3. The third kappa shape index (κ3) is 5.66. The maximum atomic E-state index is 13.6. The zero-order valence-corrected chi connectivity index (χ0v) is 20.7. The fourth-order valence-corrected chi connectivity index (χ4v) is 5.17. The molecule has 0 saturated carbocycles. The molecule has 0 aromatic heterocycles. The second kappa shape index (κ2) is 11.4. The molecule has 35 heavy (non-hydrogen) atoms. The van der Waals surface area contributed by atoms with E-state index in [2.05, 4.69) is 5.32 Å². The fourth-order valence-electron chi connectivity index (χ4n) is 5.17. The molecule has 0 aliphatic carbocycles. The second-order valence-corrected chi connectivity index (χ2v) is 9.48. The Morgan fingerprint density at radius 3 is 2.14 bits per heavy atom. The Bertz CT molecular complexity index is 1060. The number of amides is 3. The van der Waals surface area contributed by atoms with Crippen molar-refractivity contribution < 1.29 is 19.1 Å². The van der Waals surface area contributed by atoms with Crippen LogP contribution in [0.4, 0.5) is 0 Å². The number of hydrogen-bond acceptors (Lipinski definition) is 4. The Morgan fingerprint density at radius 1 is 0.857 bits per heavy atom. The van der Waals surface area contributed by atoms with E-state index < -0.39 is 6.04 Å². The van der Waals surface area contributed by atoms with Crippen LogP contribution in [0.2, 0.25) is 0 Å². The van der Waals surface area contributed by atoms with Gasteiger partial charge in [-0.25, -0.2) is 0 Å². The average Bonchev–Trinajstić information content (AvgIpc) is 2.91. The Labute approximate surface area is 207 Å². The number of nitrogens with one attached hydrogen (secondary N) is 1. The van der Waals surface area contributed by atoms with Gasteiger partial charge in [0.1, 0.15) is 11.8 Å². The molecule has 3 amide bonds. The minimum atomic E-state index is -0.594. The van der Waals surface area contributed by atoms with E-state index >= 15 is 0 Å². The smallest absolute Gasteiger partial charge is 0.257 e. The van der Waals surface area contributed by atoms with Gasteiger partial charge < -0.3 is 19.9 Å². The summed E-state index contributed by atoms with van der Waals surface area (Å²) < 4.78 is 5.37. The van der Waals surface area contributed by atoms with E-state index in [1.165, 1.54) is 0 Å². The second-order valence-electron chi connectivity index (χ2n) is 9.48. The van der Waals surface area contributed by atoms with Crippen LogP contribution in [0.1, 0.15) is 58.4 Å². The summed E-state index contributed by atoms with van der Waals surface area (Å²) >= 11 is 0. The lowest BCUT2D eigenvalue weighted by molar-refractivity contribution is -0.136. The van der Waals surface area contributed by atoms with Gasteiger partial charge in [-0.1, -0.05) is 30.3 Å². The molecular formula is C28H35N3O4. The summed E-state index contributed by atoms with van der Waals surface area (Å²) in [6.45, 7) is 4.44. The number of rotatable bonds is 6. The van der Waals surface area contributed by atoms with Crippen molar-refractivity contribution in [2.75, 3.05) is 33.3 Å². The summed E-state index contributed by atoms with van der Waals surface area (Å²) in [7, 11) is 1.56. The molecule has 2 heterocycles. The van der Waals surface area contributed by atoms with E-state index in [4.69, 9.17) is 4.74 Å².